The van der Waals surface area contributed by atoms with E-state index in [1.54, 1.807) is 6.92 Å². The lowest BCUT2D eigenvalue weighted by atomic mass is 10.1. The van der Waals surface area contributed by atoms with Crippen LogP contribution in [0.5, 0.6) is 0 Å². The van der Waals surface area contributed by atoms with Crippen LogP contribution in [0.2, 0.25) is 5.02 Å². The number of halogens is 1. The minimum Gasteiger partial charge on any atom is -0.340 e. The van der Waals surface area contributed by atoms with Gasteiger partial charge < -0.3 is 10.2 Å². The minimum absolute atomic E-state index is 0.0731. The number of rotatable bonds is 6. The molecule has 0 saturated carbocycles. The Balaban J connectivity index is 1.53. The third-order valence-electron chi connectivity index (χ3n) is 5.49. The van der Waals surface area contributed by atoms with Crippen LogP contribution in [0.15, 0.2) is 42.5 Å². The molecule has 0 spiro atoms. The number of carbonyl (C=O) groups excluding carboxylic acids is 2. The molecule has 1 aliphatic rings. The predicted molar refractivity (Wildman–Crippen MR) is 119 cm³/mol. The Morgan fingerprint density at radius 1 is 1.13 bits per heavy atom. The third-order valence-corrected chi connectivity index (χ3v) is 5.82. The van der Waals surface area contributed by atoms with Gasteiger partial charge in [-0.3, -0.25) is 24.6 Å². The molecule has 3 rings (SSSR count). The first-order valence-electron chi connectivity index (χ1n) is 10.1. The third kappa shape index (κ3) is 5.80. The summed E-state index contributed by atoms with van der Waals surface area (Å²) < 4.78 is 0. The highest BCUT2D eigenvalue weighted by atomic mass is 35.5. The number of non-ortho nitro benzene ring substituents is 1. The largest absolute Gasteiger partial charge is 0.340 e. The summed E-state index contributed by atoms with van der Waals surface area (Å²) in [7, 11) is 0. The van der Waals surface area contributed by atoms with Crippen LogP contribution in [0, 0.1) is 17.0 Å². The highest BCUT2D eigenvalue weighted by Crippen LogP contribution is 2.27. The number of nitro groups is 1. The number of hydrogen-bond donors (Lipinski definition) is 1. The monoisotopic (exact) mass is 444 g/mol. The summed E-state index contributed by atoms with van der Waals surface area (Å²) in [5.74, 6) is -0.231. The summed E-state index contributed by atoms with van der Waals surface area (Å²) in [6, 6.07) is 11.4. The fraction of sp³-hybridized carbons (Fsp3) is 0.364. The number of hydrogen-bond acceptors (Lipinski definition) is 5. The van der Waals surface area contributed by atoms with Gasteiger partial charge >= 0.3 is 0 Å². The number of piperazine rings is 1. The van der Waals surface area contributed by atoms with Crippen molar-refractivity contribution in [2.45, 2.75) is 26.3 Å². The zero-order valence-corrected chi connectivity index (χ0v) is 18.3. The number of aryl methyl sites for hydroxylation is 1. The van der Waals surface area contributed by atoms with Crippen molar-refractivity contribution in [1.82, 2.24) is 9.80 Å². The van der Waals surface area contributed by atoms with Gasteiger partial charge in [0.05, 0.1) is 28.1 Å². The molecule has 1 N–H and O–H groups in total. The van der Waals surface area contributed by atoms with Gasteiger partial charge in [0, 0.05) is 38.3 Å². The molecule has 9 heteroatoms. The van der Waals surface area contributed by atoms with Crippen LogP contribution in [-0.2, 0) is 16.0 Å². The minimum atomic E-state index is -0.539. The molecule has 0 radical (unpaired) electrons. The van der Waals surface area contributed by atoms with Crippen molar-refractivity contribution in [3.63, 3.8) is 0 Å². The van der Waals surface area contributed by atoms with E-state index in [1.807, 2.05) is 41.0 Å². The van der Waals surface area contributed by atoms with Crippen molar-refractivity contribution in [1.29, 1.82) is 0 Å². The fourth-order valence-electron chi connectivity index (χ4n) is 3.48. The van der Waals surface area contributed by atoms with E-state index in [0.29, 0.717) is 32.6 Å². The molecule has 2 aromatic rings. The molecule has 1 fully saturated rings. The van der Waals surface area contributed by atoms with Crippen LogP contribution in [0.4, 0.5) is 11.4 Å². The molecule has 1 unspecified atom stereocenters. The lowest BCUT2D eigenvalue weighted by Gasteiger charge is -2.37. The van der Waals surface area contributed by atoms with E-state index in [4.69, 9.17) is 11.6 Å². The Bertz CT molecular complexity index is 972. The second-order valence-corrected chi connectivity index (χ2v) is 8.07. The number of amides is 2. The van der Waals surface area contributed by atoms with Crippen LogP contribution in [0.1, 0.15) is 18.1 Å². The van der Waals surface area contributed by atoms with E-state index in [2.05, 4.69) is 5.32 Å². The molecule has 2 amide bonds. The Hall–Kier alpha value is -2.97. The molecule has 1 heterocycles. The summed E-state index contributed by atoms with van der Waals surface area (Å²) in [6.45, 7) is 5.99. The zero-order valence-electron chi connectivity index (χ0n) is 17.5. The number of benzene rings is 2. The van der Waals surface area contributed by atoms with E-state index in [0.717, 1.165) is 11.1 Å². The standard InChI is InChI=1S/C22H25ClN4O4/c1-15-3-5-17(6-4-15)13-21(28)26-11-9-25(10-12-26)16(2)22(29)24-20-14-18(27(30)31)7-8-19(20)23/h3-8,14,16H,9-13H2,1-2H3,(H,24,29). The maximum atomic E-state index is 12.7. The summed E-state index contributed by atoms with van der Waals surface area (Å²) in [5, 5.41) is 13.9. The molecule has 1 aliphatic heterocycles. The van der Waals surface area contributed by atoms with Crippen LogP contribution < -0.4 is 5.32 Å². The van der Waals surface area contributed by atoms with Crippen molar-refractivity contribution in [3.05, 3.63) is 68.7 Å². The molecule has 0 aromatic heterocycles. The summed E-state index contributed by atoms with van der Waals surface area (Å²) >= 11 is 6.07. The Morgan fingerprint density at radius 3 is 2.39 bits per heavy atom. The van der Waals surface area contributed by atoms with E-state index in [9.17, 15) is 19.7 Å². The summed E-state index contributed by atoms with van der Waals surface area (Å²) in [6.07, 6.45) is 0.363. The van der Waals surface area contributed by atoms with Crippen molar-refractivity contribution in [2.75, 3.05) is 31.5 Å². The van der Waals surface area contributed by atoms with Gasteiger partial charge in [0.1, 0.15) is 0 Å². The average Bonchev–Trinajstić information content (AvgIpc) is 2.76. The van der Waals surface area contributed by atoms with Gasteiger partial charge in [0.25, 0.3) is 5.69 Å². The number of carbonyl (C=O) groups is 2. The van der Waals surface area contributed by atoms with E-state index < -0.39 is 11.0 Å². The second kappa shape index (κ2) is 9.89. The lowest BCUT2D eigenvalue weighted by molar-refractivity contribution is -0.384. The average molecular weight is 445 g/mol. The summed E-state index contributed by atoms with van der Waals surface area (Å²) in [4.78, 5) is 39.5. The van der Waals surface area contributed by atoms with Gasteiger partial charge in [-0.05, 0) is 25.5 Å². The molecule has 1 saturated heterocycles. The zero-order chi connectivity index (χ0) is 22.5. The topological polar surface area (TPSA) is 95.8 Å². The second-order valence-electron chi connectivity index (χ2n) is 7.67. The summed E-state index contributed by atoms with van der Waals surface area (Å²) in [5.41, 5.74) is 2.20. The van der Waals surface area contributed by atoms with Gasteiger partial charge in [-0.1, -0.05) is 41.4 Å². The first kappa shape index (κ1) is 22.7. The Labute approximate surface area is 185 Å². The molecular weight excluding hydrogens is 420 g/mol. The van der Waals surface area contributed by atoms with E-state index in [1.165, 1.54) is 18.2 Å². The van der Waals surface area contributed by atoms with Crippen molar-refractivity contribution in [2.24, 2.45) is 0 Å². The van der Waals surface area contributed by atoms with Crippen LogP contribution in [-0.4, -0.2) is 58.8 Å². The normalized spacial score (nSPS) is 15.4. The van der Waals surface area contributed by atoms with Crippen LogP contribution in [0.25, 0.3) is 0 Å². The van der Waals surface area contributed by atoms with E-state index in [-0.39, 0.29) is 28.2 Å². The number of nitrogens with one attached hydrogen (secondary N) is 1. The molecule has 2 aromatic carbocycles. The Kier molecular flexibility index (Phi) is 7.25. The van der Waals surface area contributed by atoms with Gasteiger partial charge in [-0.15, -0.1) is 0 Å². The highest BCUT2D eigenvalue weighted by Gasteiger charge is 2.28. The smallest absolute Gasteiger partial charge is 0.271 e. The first-order valence-corrected chi connectivity index (χ1v) is 10.4. The van der Waals surface area contributed by atoms with Gasteiger partial charge in [0.15, 0.2) is 0 Å². The van der Waals surface area contributed by atoms with Gasteiger partial charge in [-0.2, -0.15) is 0 Å². The van der Waals surface area contributed by atoms with Gasteiger partial charge in [0.2, 0.25) is 11.8 Å². The first-order chi connectivity index (χ1) is 14.7. The number of nitrogens with zero attached hydrogens (tertiary/aromatic N) is 3. The molecule has 164 valence electrons. The van der Waals surface area contributed by atoms with Gasteiger partial charge in [-0.25, -0.2) is 0 Å². The SMILES string of the molecule is Cc1ccc(CC(=O)N2CCN(C(C)C(=O)Nc3cc([N+](=O)[O-])ccc3Cl)CC2)cc1. The Morgan fingerprint density at radius 2 is 1.77 bits per heavy atom. The fourth-order valence-corrected chi connectivity index (χ4v) is 3.64. The lowest BCUT2D eigenvalue weighted by Crippen LogP contribution is -2.54. The highest BCUT2D eigenvalue weighted by molar-refractivity contribution is 6.33. The number of anilines is 1. The van der Waals surface area contributed by atoms with Crippen LogP contribution >= 0.6 is 11.6 Å². The molecule has 1 atom stereocenters. The number of nitro benzene ring substituents is 1. The van der Waals surface area contributed by atoms with Crippen molar-refractivity contribution >= 4 is 34.8 Å². The molecule has 8 nitrogen and oxygen atoms in total. The quantitative estimate of drug-likeness (QED) is 0.545. The van der Waals surface area contributed by atoms with Crippen LogP contribution in [0.3, 0.4) is 0 Å². The molecule has 0 bridgehead atoms. The maximum Gasteiger partial charge on any atom is 0.271 e. The molecule has 31 heavy (non-hydrogen) atoms. The predicted octanol–water partition coefficient (Wildman–Crippen LogP) is 3.27. The van der Waals surface area contributed by atoms with E-state index >= 15 is 0 Å². The van der Waals surface area contributed by atoms with Crippen molar-refractivity contribution in [3.8, 4) is 0 Å². The molecule has 0 aliphatic carbocycles. The van der Waals surface area contributed by atoms with Crippen molar-refractivity contribution < 1.29 is 14.5 Å². The molecular formula is C22H25ClN4O4. The maximum absolute atomic E-state index is 12.7.